The van der Waals surface area contributed by atoms with Crippen LogP contribution in [0.5, 0.6) is 0 Å². The zero-order valence-electron chi connectivity index (χ0n) is 13.9. The van der Waals surface area contributed by atoms with E-state index in [4.69, 9.17) is 5.11 Å². The van der Waals surface area contributed by atoms with Crippen molar-refractivity contribution in [3.63, 3.8) is 0 Å². The van der Waals surface area contributed by atoms with Crippen LogP contribution >= 0.6 is 0 Å². The van der Waals surface area contributed by atoms with Gasteiger partial charge in [-0.25, -0.2) is 4.79 Å². The Hall–Kier alpha value is -2.68. The Morgan fingerprint density at radius 2 is 1.62 bits per heavy atom. The van der Waals surface area contributed by atoms with Gasteiger partial charge in [-0.1, -0.05) is 44.7 Å². The first-order valence-corrected chi connectivity index (χ1v) is 8.00. The van der Waals surface area contributed by atoms with Crippen molar-refractivity contribution in [1.29, 1.82) is 0 Å². The van der Waals surface area contributed by atoms with Crippen molar-refractivity contribution in [1.82, 2.24) is 0 Å². The standard InChI is InChI=1S/C21H20O3/c1-13(14-4-6-15(7-5-14)20(23)24)16-8-9-18-17(12-16)19(22)10-11-21(18,2)3/h4-9,12H,1,10-11H2,2-3H3,(H,23,24). The van der Waals surface area contributed by atoms with Crippen molar-refractivity contribution in [2.45, 2.75) is 32.1 Å². The lowest BCUT2D eigenvalue weighted by atomic mass is 9.71. The van der Waals surface area contributed by atoms with Crippen molar-refractivity contribution in [2.24, 2.45) is 0 Å². The second-order valence-corrected chi connectivity index (χ2v) is 6.93. The van der Waals surface area contributed by atoms with E-state index >= 15 is 0 Å². The third-order valence-corrected chi connectivity index (χ3v) is 4.85. The largest absolute Gasteiger partial charge is 0.478 e. The monoisotopic (exact) mass is 320 g/mol. The van der Waals surface area contributed by atoms with E-state index in [1.165, 1.54) is 0 Å². The molecule has 2 aromatic rings. The van der Waals surface area contributed by atoms with Crippen LogP contribution in [0.4, 0.5) is 0 Å². The molecule has 0 bridgehead atoms. The summed E-state index contributed by atoms with van der Waals surface area (Å²) in [5, 5.41) is 8.98. The van der Waals surface area contributed by atoms with Crippen LogP contribution in [-0.4, -0.2) is 16.9 Å². The zero-order valence-corrected chi connectivity index (χ0v) is 13.9. The molecular weight excluding hydrogens is 300 g/mol. The first-order valence-electron chi connectivity index (χ1n) is 8.00. The molecule has 3 heteroatoms. The molecule has 0 spiro atoms. The van der Waals surface area contributed by atoms with Crippen LogP contribution < -0.4 is 0 Å². The first kappa shape index (κ1) is 16.2. The van der Waals surface area contributed by atoms with Crippen molar-refractivity contribution >= 4 is 17.3 Å². The average molecular weight is 320 g/mol. The fourth-order valence-electron chi connectivity index (χ4n) is 3.23. The Kier molecular flexibility index (Phi) is 3.88. The number of benzene rings is 2. The summed E-state index contributed by atoms with van der Waals surface area (Å²) in [6.45, 7) is 8.45. The number of hydrogen-bond acceptors (Lipinski definition) is 2. The summed E-state index contributed by atoms with van der Waals surface area (Å²) in [5.41, 5.74) is 4.65. The van der Waals surface area contributed by atoms with E-state index in [1.807, 2.05) is 18.2 Å². The van der Waals surface area contributed by atoms with E-state index in [9.17, 15) is 9.59 Å². The lowest BCUT2D eigenvalue weighted by Crippen LogP contribution is -2.27. The van der Waals surface area contributed by atoms with Gasteiger partial charge in [0, 0.05) is 12.0 Å². The quantitative estimate of drug-likeness (QED) is 0.892. The van der Waals surface area contributed by atoms with Crippen molar-refractivity contribution < 1.29 is 14.7 Å². The predicted molar refractivity (Wildman–Crippen MR) is 94.6 cm³/mol. The molecule has 24 heavy (non-hydrogen) atoms. The van der Waals surface area contributed by atoms with Crippen LogP contribution in [0, 0.1) is 0 Å². The third kappa shape index (κ3) is 2.78. The number of rotatable bonds is 3. The highest BCUT2D eigenvalue weighted by molar-refractivity contribution is 6.00. The number of carboxylic acid groups (broad SMARTS) is 1. The molecule has 122 valence electrons. The van der Waals surface area contributed by atoms with Crippen molar-refractivity contribution in [3.05, 3.63) is 76.9 Å². The van der Waals surface area contributed by atoms with Crippen LogP contribution in [0.15, 0.2) is 49.0 Å². The molecule has 0 saturated carbocycles. The minimum atomic E-state index is -0.950. The summed E-state index contributed by atoms with van der Waals surface area (Å²) < 4.78 is 0. The molecule has 0 aromatic heterocycles. The van der Waals surface area contributed by atoms with E-state index in [0.29, 0.717) is 6.42 Å². The lowest BCUT2D eigenvalue weighted by molar-refractivity contribution is 0.0696. The molecule has 3 rings (SSSR count). The number of hydrogen-bond donors (Lipinski definition) is 1. The van der Waals surface area contributed by atoms with Gasteiger partial charge in [-0.3, -0.25) is 4.79 Å². The van der Waals surface area contributed by atoms with Gasteiger partial charge in [0.1, 0.15) is 0 Å². The smallest absolute Gasteiger partial charge is 0.335 e. The molecule has 3 nitrogen and oxygen atoms in total. The van der Waals surface area contributed by atoms with Gasteiger partial charge < -0.3 is 5.11 Å². The molecule has 0 amide bonds. The van der Waals surface area contributed by atoms with Crippen LogP contribution in [0.2, 0.25) is 0 Å². The van der Waals surface area contributed by atoms with Crippen LogP contribution in [0.25, 0.3) is 5.57 Å². The van der Waals surface area contributed by atoms with Gasteiger partial charge in [-0.15, -0.1) is 0 Å². The maximum Gasteiger partial charge on any atom is 0.335 e. The predicted octanol–water partition coefficient (Wildman–Crippen LogP) is 4.70. The van der Waals surface area contributed by atoms with E-state index in [1.54, 1.807) is 24.3 Å². The summed E-state index contributed by atoms with van der Waals surface area (Å²) >= 11 is 0. The second-order valence-electron chi connectivity index (χ2n) is 6.93. The third-order valence-electron chi connectivity index (χ3n) is 4.85. The number of ketones is 1. The second kappa shape index (κ2) is 5.75. The van der Waals surface area contributed by atoms with Crippen molar-refractivity contribution in [3.8, 4) is 0 Å². The Morgan fingerprint density at radius 1 is 1.04 bits per heavy atom. The summed E-state index contributed by atoms with van der Waals surface area (Å²) in [7, 11) is 0. The van der Waals surface area contributed by atoms with E-state index in [2.05, 4.69) is 20.4 Å². The number of aromatic carboxylic acids is 1. The van der Waals surface area contributed by atoms with E-state index in [0.717, 1.165) is 34.2 Å². The topological polar surface area (TPSA) is 54.4 Å². The highest BCUT2D eigenvalue weighted by Gasteiger charge is 2.31. The van der Waals surface area contributed by atoms with Gasteiger partial charge in [0.2, 0.25) is 0 Å². The van der Waals surface area contributed by atoms with Gasteiger partial charge in [-0.2, -0.15) is 0 Å². The number of Topliss-reactive ketones (excluding diaryl/α,β-unsaturated/α-hetero) is 1. The molecule has 1 aliphatic rings. The molecule has 0 unspecified atom stereocenters. The van der Waals surface area contributed by atoms with Gasteiger partial charge in [-0.05, 0) is 52.3 Å². The average Bonchev–Trinajstić information content (AvgIpc) is 2.57. The maximum absolute atomic E-state index is 12.3. The number of carboxylic acids is 1. The number of carbonyl (C=O) groups is 2. The minimum absolute atomic E-state index is 0.00619. The Labute approximate surface area is 141 Å². The molecular formula is C21H20O3. The van der Waals surface area contributed by atoms with Gasteiger partial charge in [0.05, 0.1) is 5.56 Å². The van der Waals surface area contributed by atoms with Gasteiger partial charge >= 0.3 is 5.97 Å². The summed E-state index contributed by atoms with van der Waals surface area (Å²) in [5.74, 6) is -0.769. The van der Waals surface area contributed by atoms with Crippen LogP contribution in [-0.2, 0) is 5.41 Å². The number of carbonyl (C=O) groups excluding carboxylic acids is 1. The Morgan fingerprint density at radius 3 is 2.25 bits per heavy atom. The lowest BCUT2D eigenvalue weighted by Gasteiger charge is -2.32. The van der Waals surface area contributed by atoms with Crippen molar-refractivity contribution in [2.75, 3.05) is 0 Å². The van der Waals surface area contributed by atoms with Gasteiger partial charge in [0.15, 0.2) is 5.78 Å². The zero-order chi connectivity index (χ0) is 17.5. The summed E-state index contributed by atoms with van der Waals surface area (Å²) in [6.07, 6.45) is 1.44. The molecule has 0 aliphatic heterocycles. The Bertz CT molecular complexity index is 842. The summed E-state index contributed by atoms with van der Waals surface area (Å²) in [6, 6.07) is 12.6. The minimum Gasteiger partial charge on any atom is -0.478 e. The van der Waals surface area contributed by atoms with E-state index < -0.39 is 5.97 Å². The molecule has 1 N–H and O–H groups in total. The Balaban J connectivity index is 1.98. The van der Waals surface area contributed by atoms with Gasteiger partial charge in [0.25, 0.3) is 0 Å². The fraction of sp³-hybridized carbons (Fsp3) is 0.238. The van der Waals surface area contributed by atoms with Crippen LogP contribution in [0.3, 0.4) is 0 Å². The van der Waals surface area contributed by atoms with Crippen LogP contribution in [0.1, 0.15) is 64.1 Å². The highest BCUT2D eigenvalue weighted by atomic mass is 16.4. The normalized spacial score (nSPS) is 15.7. The molecule has 0 fully saturated rings. The molecule has 0 heterocycles. The summed E-state index contributed by atoms with van der Waals surface area (Å²) in [4.78, 5) is 23.3. The molecule has 0 saturated heterocycles. The molecule has 0 atom stereocenters. The fourth-order valence-corrected chi connectivity index (χ4v) is 3.23. The molecule has 1 aliphatic carbocycles. The SMILES string of the molecule is C=C(c1ccc(C(=O)O)cc1)c1ccc2c(c1)C(=O)CCC2(C)C. The highest BCUT2D eigenvalue weighted by Crippen LogP contribution is 2.38. The number of fused-ring (bicyclic) bond motifs is 1. The van der Waals surface area contributed by atoms with E-state index in [-0.39, 0.29) is 16.8 Å². The first-order chi connectivity index (χ1) is 11.3. The molecule has 0 radical (unpaired) electrons. The maximum atomic E-state index is 12.3. The molecule has 2 aromatic carbocycles.